The lowest BCUT2D eigenvalue weighted by atomic mass is 9.78. The Morgan fingerprint density at radius 1 is 1.29 bits per heavy atom. The van der Waals surface area contributed by atoms with Crippen molar-refractivity contribution in [2.75, 3.05) is 0 Å². The summed E-state index contributed by atoms with van der Waals surface area (Å²) >= 11 is 1.45. The van der Waals surface area contributed by atoms with Gasteiger partial charge in [0.2, 0.25) is 0 Å². The molecule has 2 N–H and O–H groups in total. The maximum absolute atomic E-state index is 9.10. The summed E-state index contributed by atoms with van der Waals surface area (Å²) in [5.41, 5.74) is 1.09. The van der Waals surface area contributed by atoms with Crippen LogP contribution in [0, 0.1) is 0 Å². The monoisotopic (exact) mass is 206 g/mol. The quantitative estimate of drug-likeness (QED) is 0.672. The van der Waals surface area contributed by atoms with Crippen molar-refractivity contribution >= 4 is 23.9 Å². The summed E-state index contributed by atoms with van der Waals surface area (Å²) in [4.78, 5) is 7.93. The van der Waals surface area contributed by atoms with Gasteiger partial charge in [-0.3, -0.25) is 4.98 Å². The minimum atomic E-state index is -1.51. The molecule has 2 rings (SSSR count). The van der Waals surface area contributed by atoms with Gasteiger partial charge in [0.1, 0.15) is 5.01 Å². The Morgan fingerprint density at radius 3 is 2.79 bits per heavy atom. The van der Waals surface area contributed by atoms with E-state index in [2.05, 4.69) is 9.97 Å². The first kappa shape index (κ1) is 9.33. The Morgan fingerprint density at radius 2 is 2.14 bits per heavy atom. The van der Waals surface area contributed by atoms with Gasteiger partial charge in [0.15, 0.2) is 0 Å². The van der Waals surface area contributed by atoms with Crippen LogP contribution in [-0.4, -0.2) is 27.1 Å². The van der Waals surface area contributed by atoms with Crippen LogP contribution < -0.4 is 5.46 Å². The van der Waals surface area contributed by atoms with Crippen molar-refractivity contribution in [3.05, 3.63) is 30.0 Å². The number of aromatic nitrogens is 2. The zero-order valence-corrected chi connectivity index (χ0v) is 7.98. The largest absolute Gasteiger partial charge is 0.490 e. The zero-order valence-electron chi connectivity index (χ0n) is 7.16. The normalized spacial score (nSPS) is 10.1. The maximum atomic E-state index is 9.10. The molecule has 0 spiro atoms. The van der Waals surface area contributed by atoms with Gasteiger partial charge in [-0.2, -0.15) is 0 Å². The molecule has 0 unspecified atom stereocenters. The van der Waals surface area contributed by atoms with Crippen LogP contribution in [-0.2, 0) is 0 Å². The molecule has 2 aromatic heterocycles. The second kappa shape index (κ2) is 3.87. The summed E-state index contributed by atoms with van der Waals surface area (Å²) in [5, 5.41) is 20.8. The molecule has 0 aliphatic carbocycles. The molecule has 0 saturated carbocycles. The fraction of sp³-hybridized carbons (Fsp3) is 0. The highest BCUT2D eigenvalue weighted by atomic mass is 32.1. The SMILES string of the molecule is OB(O)c1cnccc1-c1nccs1. The second-order valence-electron chi connectivity index (χ2n) is 2.67. The minimum Gasteiger partial charge on any atom is -0.423 e. The first-order valence-corrected chi connectivity index (χ1v) is 4.87. The highest BCUT2D eigenvalue weighted by molar-refractivity contribution is 7.13. The van der Waals surface area contributed by atoms with E-state index in [0.29, 0.717) is 11.0 Å². The van der Waals surface area contributed by atoms with Crippen molar-refractivity contribution < 1.29 is 10.0 Å². The lowest BCUT2D eigenvalue weighted by Crippen LogP contribution is -2.31. The van der Waals surface area contributed by atoms with Crippen LogP contribution in [0.25, 0.3) is 10.6 Å². The van der Waals surface area contributed by atoms with E-state index in [4.69, 9.17) is 10.0 Å². The fourth-order valence-corrected chi connectivity index (χ4v) is 1.85. The Hall–Kier alpha value is -1.24. The van der Waals surface area contributed by atoms with E-state index in [1.807, 2.05) is 5.38 Å². The molecule has 0 amide bonds. The van der Waals surface area contributed by atoms with Crippen molar-refractivity contribution in [2.45, 2.75) is 0 Å². The van der Waals surface area contributed by atoms with E-state index in [9.17, 15) is 0 Å². The predicted molar refractivity (Wildman–Crippen MR) is 55.2 cm³/mol. The second-order valence-corrected chi connectivity index (χ2v) is 3.57. The van der Waals surface area contributed by atoms with Gasteiger partial charge < -0.3 is 10.0 Å². The van der Waals surface area contributed by atoms with Gasteiger partial charge in [0.25, 0.3) is 0 Å². The van der Waals surface area contributed by atoms with Crippen LogP contribution in [0.15, 0.2) is 30.0 Å². The number of hydrogen-bond acceptors (Lipinski definition) is 5. The van der Waals surface area contributed by atoms with Crippen LogP contribution in [0.4, 0.5) is 0 Å². The third-order valence-electron chi connectivity index (χ3n) is 1.79. The smallest absolute Gasteiger partial charge is 0.423 e. The number of hydrogen-bond donors (Lipinski definition) is 2. The molecule has 0 saturated heterocycles. The summed E-state index contributed by atoms with van der Waals surface area (Å²) < 4.78 is 0. The average Bonchev–Trinajstić information content (AvgIpc) is 2.70. The Kier molecular flexibility index (Phi) is 2.58. The molecule has 0 fully saturated rings. The van der Waals surface area contributed by atoms with Crippen molar-refractivity contribution in [3.8, 4) is 10.6 Å². The molecule has 0 atom stereocenters. The topological polar surface area (TPSA) is 66.2 Å². The van der Waals surface area contributed by atoms with Crippen molar-refractivity contribution in [1.82, 2.24) is 9.97 Å². The molecule has 0 bridgehead atoms. The first-order valence-electron chi connectivity index (χ1n) is 3.99. The Balaban J connectivity index is 2.53. The van der Waals surface area contributed by atoms with Crippen LogP contribution >= 0.6 is 11.3 Å². The van der Waals surface area contributed by atoms with E-state index in [1.165, 1.54) is 17.5 Å². The van der Waals surface area contributed by atoms with Gasteiger partial charge in [-0.15, -0.1) is 11.3 Å². The summed E-state index contributed by atoms with van der Waals surface area (Å²) in [7, 11) is -1.51. The third-order valence-corrected chi connectivity index (χ3v) is 2.60. The molecule has 14 heavy (non-hydrogen) atoms. The summed E-state index contributed by atoms with van der Waals surface area (Å²) in [5.74, 6) is 0. The third kappa shape index (κ3) is 1.67. The van der Waals surface area contributed by atoms with Crippen LogP contribution in [0.3, 0.4) is 0 Å². The van der Waals surface area contributed by atoms with E-state index >= 15 is 0 Å². The molecule has 70 valence electrons. The molecular weight excluding hydrogens is 199 g/mol. The van der Waals surface area contributed by atoms with E-state index in [1.54, 1.807) is 18.5 Å². The summed E-state index contributed by atoms with van der Waals surface area (Å²) in [6.07, 6.45) is 4.71. The van der Waals surface area contributed by atoms with E-state index < -0.39 is 7.12 Å². The van der Waals surface area contributed by atoms with Crippen molar-refractivity contribution in [1.29, 1.82) is 0 Å². The maximum Gasteiger partial charge on any atom is 0.490 e. The van der Waals surface area contributed by atoms with E-state index in [0.717, 1.165) is 5.01 Å². The molecule has 0 aromatic carbocycles. The zero-order chi connectivity index (χ0) is 9.97. The predicted octanol–water partition coefficient (Wildman–Crippen LogP) is -0.115. The van der Waals surface area contributed by atoms with Crippen molar-refractivity contribution in [3.63, 3.8) is 0 Å². The van der Waals surface area contributed by atoms with Gasteiger partial charge in [0.05, 0.1) is 0 Å². The molecule has 0 aliphatic rings. The van der Waals surface area contributed by atoms with E-state index in [-0.39, 0.29) is 0 Å². The molecule has 0 radical (unpaired) electrons. The fourth-order valence-electron chi connectivity index (χ4n) is 1.16. The standard InChI is InChI=1S/C8H7BN2O2S/c12-9(13)7-5-10-2-1-6(7)8-11-3-4-14-8/h1-5,12-13H. The number of nitrogens with zero attached hydrogens (tertiary/aromatic N) is 2. The van der Waals surface area contributed by atoms with Gasteiger partial charge >= 0.3 is 7.12 Å². The molecule has 4 nitrogen and oxygen atoms in total. The minimum absolute atomic E-state index is 0.377. The molecular formula is C8H7BN2O2S. The average molecular weight is 206 g/mol. The molecule has 2 heterocycles. The Bertz CT molecular complexity index is 419. The summed E-state index contributed by atoms with van der Waals surface area (Å²) in [6.45, 7) is 0. The highest BCUT2D eigenvalue weighted by Gasteiger charge is 2.17. The molecule has 6 heteroatoms. The number of rotatable bonds is 2. The van der Waals surface area contributed by atoms with Gasteiger partial charge in [-0.05, 0) is 6.07 Å². The van der Waals surface area contributed by atoms with Gasteiger partial charge in [-0.1, -0.05) is 0 Å². The van der Waals surface area contributed by atoms with Gasteiger partial charge in [-0.25, -0.2) is 4.98 Å². The highest BCUT2D eigenvalue weighted by Crippen LogP contribution is 2.18. The number of pyridine rings is 1. The summed E-state index contributed by atoms with van der Waals surface area (Å²) in [6, 6.07) is 1.72. The lowest BCUT2D eigenvalue weighted by molar-refractivity contribution is 0.426. The lowest BCUT2D eigenvalue weighted by Gasteiger charge is -2.03. The van der Waals surface area contributed by atoms with Crippen LogP contribution in [0.2, 0.25) is 0 Å². The van der Waals surface area contributed by atoms with Crippen molar-refractivity contribution in [2.24, 2.45) is 0 Å². The molecule has 0 aliphatic heterocycles. The van der Waals surface area contributed by atoms with Crippen LogP contribution in [0.5, 0.6) is 0 Å². The number of thiazole rings is 1. The Labute approximate surface area is 85.0 Å². The van der Waals surface area contributed by atoms with Crippen LogP contribution in [0.1, 0.15) is 0 Å². The first-order chi connectivity index (χ1) is 6.79. The molecule has 2 aromatic rings. The van der Waals surface area contributed by atoms with Gasteiger partial charge in [0, 0.05) is 35.0 Å².